The number of hydrogen-bond donors (Lipinski definition) is 2. The van der Waals surface area contributed by atoms with Gasteiger partial charge in [0.05, 0.1) is 17.0 Å². The molecule has 2 aromatic heterocycles. The van der Waals surface area contributed by atoms with Gasteiger partial charge in [-0.15, -0.1) is 0 Å². The molecule has 0 unspecified atom stereocenters. The number of rotatable bonds is 9. The van der Waals surface area contributed by atoms with Crippen LogP contribution in [0, 0.1) is 19.4 Å². The summed E-state index contributed by atoms with van der Waals surface area (Å²) in [6.07, 6.45) is 0.973. The zero-order valence-electron chi connectivity index (χ0n) is 18.7. The molecule has 9 nitrogen and oxygen atoms in total. The second kappa shape index (κ2) is 9.96. The van der Waals surface area contributed by atoms with Gasteiger partial charge in [-0.2, -0.15) is 16.6 Å². The van der Waals surface area contributed by atoms with Gasteiger partial charge in [-0.1, -0.05) is 49.6 Å². The molecule has 0 fully saturated rings. The number of aromatic nitrogens is 2. The highest BCUT2D eigenvalue weighted by Crippen LogP contribution is 2.34. The van der Waals surface area contributed by atoms with E-state index in [4.69, 9.17) is 17.0 Å². The Labute approximate surface area is 191 Å². The molecule has 0 spiro atoms. The van der Waals surface area contributed by atoms with Crippen molar-refractivity contribution in [2.24, 2.45) is 11.7 Å². The van der Waals surface area contributed by atoms with Crippen LogP contribution in [-0.4, -0.2) is 33.8 Å². The molecule has 0 aliphatic rings. The van der Waals surface area contributed by atoms with E-state index in [1.165, 1.54) is 0 Å². The number of carbonyl (C=O) groups excluding carboxylic acids is 3. The van der Waals surface area contributed by atoms with Crippen LogP contribution in [0.3, 0.4) is 0 Å². The van der Waals surface area contributed by atoms with Crippen LogP contribution in [0.1, 0.15) is 46.7 Å². The van der Waals surface area contributed by atoms with Gasteiger partial charge in [-0.3, -0.25) is 14.4 Å². The third kappa shape index (κ3) is 5.18. The number of primary amides is 1. The fourth-order valence-corrected chi connectivity index (χ4v) is 3.75. The number of nitrogens with zero attached hydrogens (tertiary/aromatic N) is 3. The molecule has 9 heteroatoms. The Morgan fingerprint density at radius 1 is 1.24 bits per heavy atom. The standard InChI is InChI=1S/C24H25N5O4/c1-14(2)10-17-18(12-16-8-6-5-7-9-16)29-22(21(17)23(31)24(25)32)19(11-15(3)28-29)33-13-20(30)27-26-4/h5-9,11,14H,10,12-13H2,1-3H3,(H2,25,32)(H,27,30). The summed E-state index contributed by atoms with van der Waals surface area (Å²) in [7, 11) is 0. The Balaban J connectivity index is 2.31. The lowest BCUT2D eigenvalue weighted by molar-refractivity contribution is -0.122. The molecule has 33 heavy (non-hydrogen) atoms. The molecule has 0 radical (unpaired) electrons. The Morgan fingerprint density at radius 2 is 1.94 bits per heavy atom. The van der Waals surface area contributed by atoms with Crippen LogP contribution in [-0.2, 0) is 22.4 Å². The van der Waals surface area contributed by atoms with Crippen molar-refractivity contribution in [2.75, 3.05) is 6.61 Å². The molecule has 0 saturated carbocycles. The lowest BCUT2D eigenvalue weighted by Gasteiger charge is -2.10. The molecular formula is C24H25N5O4. The fourth-order valence-electron chi connectivity index (χ4n) is 3.75. The Hall–Kier alpha value is -4.19. The summed E-state index contributed by atoms with van der Waals surface area (Å²) >= 11 is 0. The first-order valence-electron chi connectivity index (χ1n) is 10.4. The number of ether oxygens (including phenoxy) is 1. The summed E-state index contributed by atoms with van der Waals surface area (Å²) in [5.41, 5.74) is 10.8. The number of amides is 2. The quantitative estimate of drug-likeness (QED) is 0.226. The van der Waals surface area contributed by atoms with Crippen LogP contribution in [0.15, 0.2) is 36.4 Å². The van der Waals surface area contributed by atoms with Crippen molar-refractivity contribution in [1.29, 1.82) is 0 Å². The fraction of sp³-hybridized carbons (Fsp3) is 0.292. The second-order valence-corrected chi connectivity index (χ2v) is 8.10. The van der Waals surface area contributed by atoms with Crippen LogP contribution in [0.5, 0.6) is 5.75 Å². The van der Waals surface area contributed by atoms with Gasteiger partial charge in [-0.25, -0.2) is 4.52 Å². The molecule has 0 saturated heterocycles. The average molecular weight is 447 g/mol. The van der Waals surface area contributed by atoms with Gasteiger partial charge in [0, 0.05) is 12.5 Å². The maximum absolute atomic E-state index is 13.0. The van der Waals surface area contributed by atoms with Crippen LogP contribution in [0.4, 0.5) is 0 Å². The summed E-state index contributed by atoms with van der Waals surface area (Å²) in [4.78, 5) is 39.6. The molecule has 2 amide bonds. The SMILES string of the molecule is [C-]#[N+]NC(=O)COc1cc(C)nn2c(Cc3ccccc3)c(CC(C)C)c(C(=O)C(N)=O)c12. The van der Waals surface area contributed by atoms with E-state index in [1.807, 2.05) is 49.6 Å². The van der Waals surface area contributed by atoms with Gasteiger partial charge in [0.25, 0.3) is 11.7 Å². The van der Waals surface area contributed by atoms with Crippen molar-refractivity contribution < 1.29 is 19.1 Å². The van der Waals surface area contributed by atoms with Gasteiger partial charge in [0.1, 0.15) is 11.3 Å². The van der Waals surface area contributed by atoms with Gasteiger partial charge in [-0.05, 0) is 30.4 Å². The predicted octanol–water partition coefficient (Wildman–Crippen LogP) is 2.43. The topological polar surface area (TPSA) is 120 Å². The zero-order valence-corrected chi connectivity index (χ0v) is 18.7. The number of aryl methyl sites for hydroxylation is 1. The van der Waals surface area contributed by atoms with Gasteiger partial charge >= 0.3 is 5.91 Å². The largest absolute Gasteiger partial charge is 0.481 e. The van der Waals surface area contributed by atoms with Crippen molar-refractivity contribution >= 4 is 23.1 Å². The summed E-state index contributed by atoms with van der Waals surface area (Å²) < 4.78 is 7.30. The Bertz CT molecular complexity index is 1260. The van der Waals surface area contributed by atoms with Crippen molar-refractivity contribution in [1.82, 2.24) is 15.0 Å². The maximum atomic E-state index is 13.0. The van der Waals surface area contributed by atoms with E-state index in [0.29, 0.717) is 24.1 Å². The molecule has 3 N–H and O–H groups in total. The molecule has 3 aromatic rings. The first-order valence-corrected chi connectivity index (χ1v) is 10.4. The highest BCUT2D eigenvalue weighted by Gasteiger charge is 2.30. The summed E-state index contributed by atoms with van der Waals surface area (Å²) in [6, 6.07) is 11.3. The molecule has 3 rings (SSSR count). The van der Waals surface area contributed by atoms with E-state index in [9.17, 15) is 14.4 Å². The lowest BCUT2D eigenvalue weighted by Crippen LogP contribution is -2.25. The Kier molecular flexibility index (Phi) is 7.08. The molecule has 1 aromatic carbocycles. The maximum Gasteiger partial charge on any atom is 0.325 e. The molecule has 0 atom stereocenters. The number of hydrogen-bond acceptors (Lipinski definition) is 5. The first-order chi connectivity index (χ1) is 15.7. The number of fused-ring (bicyclic) bond motifs is 1. The normalized spacial score (nSPS) is 10.8. The third-order valence-electron chi connectivity index (χ3n) is 5.00. The summed E-state index contributed by atoms with van der Waals surface area (Å²) in [5.74, 6) is -2.19. The van der Waals surface area contributed by atoms with Gasteiger partial charge in [0.15, 0.2) is 6.61 Å². The number of nitrogens with two attached hydrogens (primary N) is 1. The predicted molar refractivity (Wildman–Crippen MR) is 121 cm³/mol. The van der Waals surface area contributed by atoms with Crippen LogP contribution >= 0.6 is 0 Å². The van der Waals surface area contributed by atoms with Crippen LogP contribution in [0.25, 0.3) is 10.5 Å². The molecule has 0 bridgehead atoms. The summed E-state index contributed by atoms with van der Waals surface area (Å²) in [5, 5.41) is 4.61. The number of Topliss-reactive ketones (excluding diaryl/α,β-unsaturated/α-hetero) is 1. The molecular weight excluding hydrogens is 422 g/mol. The van der Waals surface area contributed by atoms with Crippen molar-refractivity contribution in [3.63, 3.8) is 0 Å². The smallest absolute Gasteiger partial charge is 0.325 e. The van der Waals surface area contributed by atoms with Crippen LogP contribution in [0.2, 0.25) is 0 Å². The molecule has 170 valence electrons. The van der Waals surface area contributed by atoms with Crippen molar-refractivity contribution in [3.05, 3.63) is 76.0 Å². The van der Waals surface area contributed by atoms with E-state index in [2.05, 4.69) is 10.1 Å². The van der Waals surface area contributed by atoms with Crippen molar-refractivity contribution in [3.8, 4) is 5.75 Å². The third-order valence-corrected chi connectivity index (χ3v) is 5.00. The zero-order chi connectivity index (χ0) is 24.1. The van der Waals surface area contributed by atoms with Gasteiger partial charge in [0.2, 0.25) is 0 Å². The molecule has 0 aliphatic carbocycles. The minimum Gasteiger partial charge on any atom is -0.481 e. The second-order valence-electron chi connectivity index (χ2n) is 8.10. The average Bonchev–Trinajstić information content (AvgIpc) is 3.04. The number of ketones is 1. The molecule has 0 aliphatic heterocycles. The van der Waals surface area contributed by atoms with Crippen LogP contribution < -0.4 is 15.9 Å². The lowest BCUT2D eigenvalue weighted by atomic mass is 9.94. The van der Waals surface area contributed by atoms with E-state index < -0.39 is 24.2 Å². The van der Waals surface area contributed by atoms with E-state index in [0.717, 1.165) is 11.3 Å². The first kappa shape index (κ1) is 23.5. The number of nitrogens with one attached hydrogen (secondary N) is 1. The minimum atomic E-state index is -1.09. The van der Waals surface area contributed by atoms with Gasteiger partial charge < -0.3 is 10.5 Å². The van der Waals surface area contributed by atoms with E-state index in [-0.39, 0.29) is 22.7 Å². The number of carbonyl (C=O) groups is 3. The highest BCUT2D eigenvalue weighted by molar-refractivity contribution is 6.44. The number of benzene rings is 1. The van der Waals surface area contributed by atoms with E-state index >= 15 is 0 Å². The molecule has 2 heterocycles. The summed E-state index contributed by atoms with van der Waals surface area (Å²) in [6.45, 7) is 12.1. The minimum absolute atomic E-state index is 0.134. The highest BCUT2D eigenvalue weighted by atomic mass is 16.5. The monoisotopic (exact) mass is 447 g/mol. The van der Waals surface area contributed by atoms with E-state index in [1.54, 1.807) is 17.5 Å². The Morgan fingerprint density at radius 3 is 2.55 bits per heavy atom. The van der Waals surface area contributed by atoms with Crippen molar-refractivity contribution in [2.45, 2.75) is 33.6 Å².